The molecule has 0 amide bonds. The zero-order valence-corrected chi connectivity index (χ0v) is 7.20. The van der Waals surface area contributed by atoms with E-state index in [0.717, 1.165) is 4.64 Å². The number of rotatable bonds is 0. The fourth-order valence-electron chi connectivity index (χ4n) is 0.729. The van der Waals surface area contributed by atoms with Gasteiger partial charge in [-0.1, -0.05) is 12.2 Å². The zero-order chi connectivity index (χ0) is 7.78. The highest BCUT2D eigenvalue weighted by atomic mass is 32.1. The van der Waals surface area contributed by atoms with E-state index in [-0.39, 0.29) is 5.54 Å². The summed E-state index contributed by atoms with van der Waals surface area (Å²) in [7, 11) is 0. The molecule has 10 heavy (non-hydrogen) atoms. The molecular formula is C6H11N3S. The number of nitrogens with zero attached hydrogens (tertiary/aromatic N) is 2. The summed E-state index contributed by atoms with van der Waals surface area (Å²) in [6.45, 7) is 6.21. The summed E-state index contributed by atoms with van der Waals surface area (Å²) >= 11 is 5.00. The molecule has 0 fully saturated rings. The van der Waals surface area contributed by atoms with Crippen LogP contribution < -0.4 is 0 Å². The first kappa shape index (κ1) is 7.47. The molecule has 1 rings (SSSR count). The van der Waals surface area contributed by atoms with E-state index in [1.807, 2.05) is 4.68 Å². The summed E-state index contributed by atoms with van der Waals surface area (Å²) < 4.78 is 2.59. The van der Waals surface area contributed by atoms with Crippen molar-refractivity contribution < 1.29 is 0 Å². The molecule has 0 aliphatic carbocycles. The lowest BCUT2D eigenvalue weighted by Gasteiger charge is -2.18. The van der Waals surface area contributed by atoms with E-state index < -0.39 is 0 Å². The van der Waals surface area contributed by atoms with Crippen LogP contribution in [-0.4, -0.2) is 15.0 Å². The fourth-order valence-corrected chi connectivity index (χ4v) is 1.10. The van der Waals surface area contributed by atoms with Crippen molar-refractivity contribution in [3.63, 3.8) is 0 Å². The third-order valence-electron chi connectivity index (χ3n) is 1.22. The van der Waals surface area contributed by atoms with Crippen molar-refractivity contribution >= 4 is 12.2 Å². The molecule has 3 nitrogen and oxygen atoms in total. The molecule has 0 atom stereocenters. The minimum atomic E-state index is 0.00752. The van der Waals surface area contributed by atoms with E-state index in [2.05, 4.69) is 31.1 Å². The molecular weight excluding hydrogens is 146 g/mol. The minimum Gasteiger partial charge on any atom is -0.254 e. The second-order valence-electron chi connectivity index (χ2n) is 3.20. The predicted octanol–water partition coefficient (Wildman–Crippen LogP) is 1.70. The van der Waals surface area contributed by atoms with Crippen LogP contribution in [0.4, 0.5) is 0 Å². The molecule has 0 aromatic carbocycles. The van der Waals surface area contributed by atoms with Crippen molar-refractivity contribution in [2.75, 3.05) is 0 Å². The van der Waals surface area contributed by atoms with Gasteiger partial charge in [0, 0.05) is 0 Å². The van der Waals surface area contributed by atoms with Gasteiger partial charge in [-0.15, -0.1) is 0 Å². The highest BCUT2D eigenvalue weighted by Gasteiger charge is 2.12. The summed E-state index contributed by atoms with van der Waals surface area (Å²) in [5, 5.41) is 6.63. The van der Waals surface area contributed by atoms with Crippen molar-refractivity contribution in [1.82, 2.24) is 15.0 Å². The molecule has 0 radical (unpaired) electrons. The Morgan fingerprint density at radius 2 is 2.20 bits per heavy atom. The van der Waals surface area contributed by atoms with Gasteiger partial charge < -0.3 is 0 Å². The number of aromatic amines is 1. The Morgan fingerprint density at radius 3 is 2.40 bits per heavy atom. The van der Waals surface area contributed by atoms with Crippen LogP contribution in [0, 0.1) is 4.64 Å². The van der Waals surface area contributed by atoms with Crippen LogP contribution in [0.5, 0.6) is 0 Å². The maximum Gasteiger partial charge on any atom is 0.142 e. The quantitative estimate of drug-likeness (QED) is 0.581. The molecule has 0 saturated heterocycles. The van der Waals surface area contributed by atoms with Crippen LogP contribution in [0.25, 0.3) is 0 Å². The number of hydrogen-bond acceptors (Lipinski definition) is 2. The molecule has 1 aromatic rings. The van der Waals surface area contributed by atoms with Crippen LogP contribution in [0.15, 0.2) is 6.20 Å². The maximum absolute atomic E-state index is 5.00. The first-order valence-corrected chi connectivity index (χ1v) is 3.55. The summed E-state index contributed by atoms with van der Waals surface area (Å²) in [5.41, 5.74) is 0.00752. The molecule has 4 heteroatoms. The van der Waals surface area contributed by atoms with Crippen LogP contribution >= 0.6 is 12.2 Å². The Balaban J connectivity index is 3.18. The lowest BCUT2D eigenvalue weighted by Crippen LogP contribution is -2.23. The van der Waals surface area contributed by atoms with Crippen molar-refractivity contribution in [3.8, 4) is 0 Å². The number of H-pyrrole nitrogens is 1. The van der Waals surface area contributed by atoms with Crippen LogP contribution in [0.1, 0.15) is 20.8 Å². The van der Waals surface area contributed by atoms with Gasteiger partial charge in [-0.3, -0.25) is 4.68 Å². The second-order valence-corrected chi connectivity index (χ2v) is 3.62. The molecule has 1 N–H and O–H groups in total. The van der Waals surface area contributed by atoms with E-state index in [1.54, 1.807) is 6.20 Å². The summed E-state index contributed by atoms with van der Waals surface area (Å²) in [6.07, 6.45) is 1.64. The van der Waals surface area contributed by atoms with Crippen LogP contribution in [0.2, 0.25) is 0 Å². The van der Waals surface area contributed by atoms with Crippen molar-refractivity contribution in [2.45, 2.75) is 26.3 Å². The summed E-state index contributed by atoms with van der Waals surface area (Å²) in [6, 6.07) is 0. The van der Waals surface area contributed by atoms with E-state index in [1.165, 1.54) is 0 Å². The molecule has 1 aromatic heterocycles. The van der Waals surface area contributed by atoms with Gasteiger partial charge in [-0.25, -0.2) is 5.21 Å². The smallest absolute Gasteiger partial charge is 0.142 e. The number of nitrogens with one attached hydrogen (secondary N) is 1. The minimum absolute atomic E-state index is 0.00752. The summed E-state index contributed by atoms with van der Waals surface area (Å²) in [4.78, 5) is 0. The van der Waals surface area contributed by atoms with Crippen molar-refractivity contribution in [3.05, 3.63) is 10.8 Å². The maximum atomic E-state index is 5.00. The SMILES string of the molecule is CC(C)(C)n1[nH]ncc1=S. The van der Waals surface area contributed by atoms with Gasteiger partial charge in [0.25, 0.3) is 0 Å². The Kier molecular flexibility index (Phi) is 1.64. The van der Waals surface area contributed by atoms with Crippen molar-refractivity contribution in [1.29, 1.82) is 0 Å². The average Bonchev–Trinajstić information content (AvgIpc) is 2.11. The van der Waals surface area contributed by atoms with E-state index in [0.29, 0.717) is 0 Å². The third-order valence-corrected chi connectivity index (χ3v) is 1.51. The highest BCUT2D eigenvalue weighted by molar-refractivity contribution is 7.71. The second kappa shape index (κ2) is 2.20. The van der Waals surface area contributed by atoms with Gasteiger partial charge in [0.05, 0.1) is 11.7 Å². The Bertz CT molecular complexity index is 265. The Labute approximate surface area is 65.0 Å². The van der Waals surface area contributed by atoms with E-state index in [4.69, 9.17) is 12.2 Å². The van der Waals surface area contributed by atoms with E-state index in [9.17, 15) is 0 Å². The molecule has 0 bridgehead atoms. The molecule has 1 heterocycles. The molecule has 0 aliphatic heterocycles. The standard InChI is InChI=1S/C6H11N3S/c1-6(2,3)9-5(10)4-7-8-9/h4,8H,1-3H3. The van der Waals surface area contributed by atoms with Gasteiger partial charge in [0.1, 0.15) is 4.64 Å². The predicted molar refractivity (Wildman–Crippen MR) is 42.4 cm³/mol. The molecule has 56 valence electrons. The Hall–Kier alpha value is -0.640. The number of hydrogen-bond donors (Lipinski definition) is 1. The largest absolute Gasteiger partial charge is 0.254 e. The normalized spacial score (nSPS) is 11.9. The van der Waals surface area contributed by atoms with Crippen LogP contribution in [-0.2, 0) is 5.54 Å². The van der Waals surface area contributed by atoms with Crippen LogP contribution in [0.3, 0.4) is 0 Å². The highest BCUT2D eigenvalue weighted by Crippen LogP contribution is 2.10. The molecule has 0 unspecified atom stereocenters. The average molecular weight is 157 g/mol. The van der Waals surface area contributed by atoms with Gasteiger partial charge in [0.15, 0.2) is 0 Å². The Morgan fingerprint density at radius 1 is 1.60 bits per heavy atom. The summed E-state index contributed by atoms with van der Waals surface area (Å²) in [5.74, 6) is 0. The lowest BCUT2D eigenvalue weighted by atomic mass is 10.1. The van der Waals surface area contributed by atoms with Crippen molar-refractivity contribution in [2.24, 2.45) is 0 Å². The number of aromatic nitrogens is 3. The fraction of sp³-hybridized carbons (Fsp3) is 0.667. The van der Waals surface area contributed by atoms with Gasteiger partial charge in [0.2, 0.25) is 0 Å². The molecule has 0 saturated carbocycles. The third kappa shape index (κ3) is 1.26. The van der Waals surface area contributed by atoms with E-state index >= 15 is 0 Å². The zero-order valence-electron chi connectivity index (χ0n) is 6.38. The first-order chi connectivity index (χ1) is 4.52. The molecule has 0 spiro atoms. The van der Waals surface area contributed by atoms with Gasteiger partial charge in [-0.05, 0) is 20.8 Å². The topological polar surface area (TPSA) is 33.6 Å². The van der Waals surface area contributed by atoms with Gasteiger partial charge in [-0.2, -0.15) is 5.10 Å². The lowest BCUT2D eigenvalue weighted by molar-refractivity contribution is 0.343. The molecule has 0 aliphatic rings. The first-order valence-electron chi connectivity index (χ1n) is 3.15. The van der Waals surface area contributed by atoms with Gasteiger partial charge >= 0.3 is 0 Å². The monoisotopic (exact) mass is 157 g/mol.